The van der Waals surface area contributed by atoms with Crippen molar-refractivity contribution in [3.63, 3.8) is 0 Å². The number of halogens is 1. The Kier molecular flexibility index (Phi) is 6.00. The van der Waals surface area contributed by atoms with E-state index in [-0.39, 0.29) is 5.91 Å². The first-order chi connectivity index (χ1) is 17.0. The number of fused-ring (bicyclic) bond motifs is 1. The molecule has 0 bridgehead atoms. The van der Waals surface area contributed by atoms with Crippen LogP contribution in [0.15, 0.2) is 66.7 Å². The lowest BCUT2D eigenvalue weighted by atomic mass is 9.89. The van der Waals surface area contributed by atoms with Crippen LogP contribution in [0, 0.1) is 5.92 Å². The third kappa shape index (κ3) is 3.66. The second kappa shape index (κ2) is 9.13. The molecule has 0 spiro atoms. The van der Waals surface area contributed by atoms with Gasteiger partial charge in [-0.2, -0.15) is 0 Å². The van der Waals surface area contributed by atoms with Gasteiger partial charge in [-0.25, -0.2) is 9.96 Å². The fraction of sp³-hybridized carbons (Fsp3) is 0.231. The summed E-state index contributed by atoms with van der Waals surface area (Å²) in [7, 11) is 4.56. The van der Waals surface area contributed by atoms with E-state index in [1.165, 1.54) is 21.3 Å². The van der Waals surface area contributed by atoms with Crippen molar-refractivity contribution >= 4 is 34.8 Å². The number of carbonyl (C=O) groups excluding carboxylic acids is 2. The zero-order chi connectivity index (χ0) is 24.7. The van der Waals surface area contributed by atoms with Gasteiger partial charge in [0.25, 0.3) is 5.91 Å². The monoisotopic (exact) mass is 494 g/mol. The zero-order valence-electron chi connectivity index (χ0n) is 19.3. The quantitative estimate of drug-likeness (QED) is 0.469. The molecule has 180 valence electrons. The molecule has 0 radical (unpaired) electrons. The number of methoxy groups -OCH3 is 3. The van der Waals surface area contributed by atoms with E-state index in [4.69, 9.17) is 30.6 Å². The summed E-state index contributed by atoms with van der Waals surface area (Å²) in [5.74, 6) is -0.382. The minimum absolute atomic E-state index is 0.373. The number of imide groups is 1. The summed E-state index contributed by atoms with van der Waals surface area (Å²) in [6.07, 6.45) is -1.01. The fourth-order valence-electron chi connectivity index (χ4n) is 4.73. The van der Waals surface area contributed by atoms with E-state index in [0.717, 1.165) is 4.90 Å². The number of hydroxylamine groups is 1. The van der Waals surface area contributed by atoms with Crippen molar-refractivity contribution < 1.29 is 28.6 Å². The number of para-hydroxylation sites is 1. The molecule has 35 heavy (non-hydrogen) atoms. The molecule has 2 fully saturated rings. The van der Waals surface area contributed by atoms with Crippen LogP contribution in [0.4, 0.5) is 11.4 Å². The van der Waals surface area contributed by atoms with E-state index in [1.807, 2.05) is 30.3 Å². The van der Waals surface area contributed by atoms with Gasteiger partial charge in [-0.05, 0) is 48.5 Å². The highest BCUT2D eigenvalue weighted by molar-refractivity contribution is 6.31. The molecule has 2 aliphatic heterocycles. The van der Waals surface area contributed by atoms with Crippen LogP contribution in [0.25, 0.3) is 0 Å². The van der Waals surface area contributed by atoms with Crippen molar-refractivity contribution in [3.8, 4) is 17.2 Å². The topological polar surface area (TPSA) is 77.5 Å². The highest BCUT2D eigenvalue weighted by Crippen LogP contribution is 2.52. The Balaban J connectivity index is 1.65. The third-order valence-electron chi connectivity index (χ3n) is 6.26. The van der Waals surface area contributed by atoms with Crippen molar-refractivity contribution in [1.82, 2.24) is 0 Å². The summed E-state index contributed by atoms with van der Waals surface area (Å²) in [5.41, 5.74) is 1.76. The van der Waals surface area contributed by atoms with Crippen LogP contribution in [0.5, 0.6) is 17.2 Å². The average Bonchev–Trinajstić information content (AvgIpc) is 3.39. The maximum atomic E-state index is 13.8. The van der Waals surface area contributed by atoms with Crippen molar-refractivity contribution in [1.29, 1.82) is 0 Å². The smallest absolute Gasteiger partial charge is 0.266 e. The normalized spacial score (nSPS) is 21.3. The van der Waals surface area contributed by atoms with E-state index >= 15 is 0 Å². The first kappa shape index (κ1) is 23.0. The van der Waals surface area contributed by atoms with E-state index in [9.17, 15) is 9.59 Å². The number of anilines is 2. The molecule has 0 N–H and O–H groups in total. The van der Waals surface area contributed by atoms with Gasteiger partial charge in [-0.1, -0.05) is 29.8 Å². The van der Waals surface area contributed by atoms with E-state index < -0.39 is 24.0 Å². The largest absolute Gasteiger partial charge is 0.493 e. The second-order valence-corrected chi connectivity index (χ2v) is 8.51. The summed E-state index contributed by atoms with van der Waals surface area (Å²) in [4.78, 5) is 34.6. The lowest BCUT2D eigenvalue weighted by Gasteiger charge is -2.30. The van der Waals surface area contributed by atoms with E-state index in [1.54, 1.807) is 41.5 Å². The fourth-order valence-corrected chi connectivity index (χ4v) is 4.86. The van der Waals surface area contributed by atoms with Gasteiger partial charge in [0, 0.05) is 10.6 Å². The van der Waals surface area contributed by atoms with Crippen molar-refractivity contribution in [3.05, 3.63) is 77.3 Å². The number of benzene rings is 3. The minimum atomic E-state index is -1.01. The average molecular weight is 495 g/mol. The van der Waals surface area contributed by atoms with E-state index in [0.29, 0.717) is 39.2 Å². The molecule has 3 aromatic rings. The molecule has 0 unspecified atom stereocenters. The van der Waals surface area contributed by atoms with Crippen LogP contribution >= 0.6 is 11.6 Å². The van der Waals surface area contributed by atoms with Gasteiger partial charge < -0.3 is 14.2 Å². The Morgan fingerprint density at radius 3 is 2.09 bits per heavy atom. The Labute approximate surface area is 207 Å². The molecule has 0 saturated carbocycles. The van der Waals surface area contributed by atoms with Gasteiger partial charge in [0.2, 0.25) is 11.7 Å². The minimum Gasteiger partial charge on any atom is -0.493 e. The number of ether oxygens (including phenoxy) is 3. The molecule has 8 nitrogen and oxygen atoms in total. The molecular formula is C26H23ClN2O6. The van der Waals surface area contributed by atoms with Gasteiger partial charge in [-0.15, -0.1) is 0 Å². The van der Waals surface area contributed by atoms with Gasteiger partial charge in [0.05, 0.1) is 32.7 Å². The molecule has 3 atom stereocenters. The van der Waals surface area contributed by atoms with Crippen molar-refractivity contribution in [2.45, 2.75) is 12.1 Å². The molecule has 2 saturated heterocycles. The molecule has 2 amide bonds. The van der Waals surface area contributed by atoms with Crippen molar-refractivity contribution in [2.75, 3.05) is 31.3 Å². The Hall–Kier alpha value is -3.75. The van der Waals surface area contributed by atoms with Crippen LogP contribution in [0.1, 0.15) is 11.6 Å². The maximum absolute atomic E-state index is 13.8. The number of carbonyl (C=O) groups is 2. The van der Waals surface area contributed by atoms with Crippen molar-refractivity contribution in [2.24, 2.45) is 5.92 Å². The summed E-state index contributed by atoms with van der Waals surface area (Å²) in [6, 6.07) is 18.7. The molecule has 2 aliphatic rings. The van der Waals surface area contributed by atoms with Gasteiger partial charge in [0.15, 0.2) is 17.6 Å². The molecule has 2 heterocycles. The Bertz CT molecular complexity index is 1270. The Morgan fingerprint density at radius 1 is 0.771 bits per heavy atom. The standard InChI is InChI=1S/C26H23ClN2O6/c1-32-19-14-13-18(22(33-2)23(19)34-3)21-20-24(35-29(21)17-7-5-4-6-8-17)26(31)28(25(20)30)16-11-9-15(27)10-12-16/h4-14,20-21,24H,1-3H3/t20-,21+,24+/m0/s1. The van der Waals surface area contributed by atoms with Gasteiger partial charge in [0.1, 0.15) is 12.0 Å². The summed E-state index contributed by atoms with van der Waals surface area (Å²) in [5, 5.41) is 2.11. The number of rotatable bonds is 6. The van der Waals surface area contributed by atoms with Crippen LogP contribution < -0.4 is 24.2 Å². The lowest BCUT2D eigenvalue weighted by molar-refractivity contribution is -0.126. The number of amides is 2. The molecule has 0 aliphatic carbocycles. The molecule has 0 aromatic heterocycles. The summed E-state index contributed by atoms with van der Waals surface area (Å²) in [6.45, 7) is 0. The number of nitrogens with zero attached hydrogens (tertiary/aromatic N) is 2. The molecule has 5 rings (SSSR count). The summed E-state index contributed by atoms with van der Waals surface area (Å²) < 4.78 is 16.7. The SMILES string of the molecule is COc1ccc([C@@H]2[C@@H]3C(=O)N(c4ccc(Cl)cc4)C(=O)[C@@H]3ON2c2ccccc2)c(OC)c1OC. The highest BCUT2D eigenvalue weighted by atomic mass is 35.5. The predicted octanol–water partition coefficient (Wildman–Crippen LogP) is 4.42. The highest BCUT2D eigenvalue weighted by Gasteiger charge is 2.61. The molecule has 3 aromatic carbocycles. The number of hydrogen-bond donors (Lipinski definition) is 0. The van der Waals surface area contributed by atoms with Crippen LogP contribution in [0.3, 0.4) is 0 Å². The Morgan fingerprint density at radius 2 is 1.46 bits per heavy atom. The third-order valence-corrected chi connectivity index (χ3v) is 6.52. The lowest BCUT2D eigenvalue weighted by Crippen LogP contribution is -2.37. The first-order valence-electron chi connectivity index (χ1n) is 10.9. The first-order valence-corrected chi connectivity index (χ1v) is 11.3. The predicted molar refractivity (Wildman–Crippen MR) is 130 cm³/mol. The second-order valence-electron chi connectivity index (χ2n) is 8.07. The molecule has 9 heteroatoms. The zero-order valence-corrected chi connectivity index (χ0v) is 20.1. The maximum Gasteiger partial charge on any atom is 0.266 e. The van der Waals surface area contributed by atoms with Crippen LogP contribution in [0.2, 0.25) is 5.02 Å². The van der Waals surface area contributed by atoms with Gasteiger partial charge >= 0.3 is 0 Å². The molecular weight excluding hydrogens is 472 g/mol. The van der Waals surface area contributed by atoms with Gasteiger partial charge in [-0.3, -0.25) is 14.4 Å². The summed E-state index contributed by atoms with van der Waals surface area (Å²) >= 11 is 6.01. The van der Waals surface area contributed by atoms with Crippen LogP contribution in [-0.2, 0) is 14.4 Å². The number of hydrogen-bond acceptors (Lipinski definition) is 7. The van der Waals surface area contributed by atoms with Crippen LogP contribution in [-0.4, -0.2) is 39.2 Å². The van der Waals surface area contributed by atoms with E-state index in [2.05, 4.69) is 0 Å².